The summed E-state index contributed by atoms with van der Waals surface area (Å²) in [4.78, 5) is 11.9. The molecule has 1 aromatic heterocycles. The fourth-order valence-electron chi connectivity index (χ4n) is 1.59. The molecule has 0 fully saturated rings. The lowest BCUT2D eigenvalue weighted by molar-refractivity contribution is -0.113. The van der Waals surface area contributed by atoms with Crippen LogP contribution in [0.3, 0.4) is 0 Å². The van der Waals surface area contributed by atoms with E-state index in [2.05, 4.69) is 21.2 Å². The van der Waals surface area contributed by atoms with Crippen LogP contribution >= 0.6 is 50.5 Å². The first kappa shape index (κ1) is 17.0. The molecule has 1 aromatic carbocycles. The average molecular weight is 427 g/mol. The second kappa shape index (κ2) is 7.74. The maximum atomic E-state index is 12.0. The summed E-state index contributed by atoms with van der Waals surface area (Å²) in [5.74, 6) is -0.0958. The molecule has 21 heavy (non-hydrogen) atoms. The summed E-state index contributed by atoms with van der Waals surface area (Å²) in [5.41, 5.74) is 1.36. The zero-order chi connectivity index (χ0) is 15.4. The minimum absolute atomic E-state index is 0.0870. The second-order valence-corrected chi connectivity index (χ2v) is 8.67. The summed E-state index contributed by atoms with van der Waals surface area (Å²) in [6.07, 6.45) is 0. The van der Waals surface area contributed by atoms with Gasteiger partial charge in [-0.15, -0.1) is 11.3 Å². The molecule has 112 valence electrons. The molecule has 0 spiro atoms. The third kappa shape index (κ3) is 5.07. The third-order valence-corrected chi connectivity index (χ3v) is 6.08. The number of nitrogens with one attached hydrogen (secondary N) is 1. The SMILES string of the molecule is O=C(C[S@@](=O)Cc1csc(Br)c1)Nc1cccc(Cl)c1Cl. The van der Waals surface area contributed by atoms with E-state index in [0.717, 1.165) is 9.35 Å². The van der Waals surface area contributed by atoms with E-state index in [0.29, 0.717) is 16.5 Å². The van der Waals surface area contributed by atoms with E-state index in [1.54, 1.807) is 18.2 Å². The molecule has 0 radical (unpaired) electrons. The summed E-state index contributed by atoms with van der Waals surface area (Å²) in [7, 11) is -1.28. The Morgan fingerprint density at radius 2 is 2.14 bits per heavy atom. The van der Waals surface area contributed by atoms with Gasteiger partial charge in [0.15, 0.2) is 0 Å². The van der Waals surface area contributed by atoms with Crippen molar-refractivity contribution in [1.29, 1.82) is 0 Å². The molecule has 0 aliphatic rings. The van der Waals surface area contributed by atoms with Gasteiger partial charge in [-0.05, 0) is 45.1 Å². The van der Waals surface area contributed by atoms with Crippen molar-refractivity contribution in [1.82, 2.24) is 0 Å². The molecule has 0 saturated heterocycles. The van der Waals surface area contributed by atoms with Gasteiger partial charge in [0.25, 0.3) is 0 Å². The summed E-state index contributed by atoms with van der Waals surface area (Å²) < 4.78 is 12.9. The van der Waals surface area contributed by atoms with E-state index < -0.39 is 10.8 Å². The largest absolute Gasteiger partial charge is 0.324 e. The van der Waals surface area contributed by atoms with Crippen molar-refractivity contribution in [2.75, 3.05) is 11.1 Å². The maximum absolute atomic E-state index is 12.0. The Hall–Kier alpha value is -0.400. The molecule has 0 bridgehead atoms. The fourth-order valence-corrected chi connectivity index (χ4v) is 4.26. The van der Waals surface area contributed by atoms with Crippen LogP contribution in [0.15, 0.2) is 33.4 Å². The van der Waals surface area contributed by atoms with Crippen LogP contribution in [-0.2, 0) is 21.3 Å². The summed E-state index contributed by atoms with van der Waals surface area (Å²) in [6, 6.07) is 6.86. The Labute approximate surface area is 147 Å². The lowest BCUT2D eigenvalue weighted by Crippen LogP contribution is -2.20. The minimum Gasteiger partial charge on any atom is -0.324 e. The predicted octanol–water partition coefficient (Wildman–Crippen LogP) is 4.70. The Balaban J connectivity index is 1.92. The molecule has 1 amide bonds. The average Bonchev–Trinajstić information content (AvgIpc) is 2.80. The summed E-state index contributed by atoms with van der Waals surface area (Å²) >= 11 is 16.7. The van der Waals surface area contributed by atoms with Crippen LogP contribution in [0.4, 0.5) is 5.69 Å². The Bertz CT molecular complexity index is 691. The molecule has 2 aromatic rings. The van der Waals surface area contributed by atoms with Gasteiger partial charge in [0.2, 0.25) is 5.91 Å². The van der Waals surface area contributed by atoms with Crippen molar-refractivity contribution in [3.8, 4) is 0 Å². The molecule has 2 rings (SSSR count). The van der Waals surface area contributed by atoms with Crippen molar-refractivity contribution in [2.24, 2.45) is 0 Å². The van der Waals surface area contributed by atoms with Crippen LogP contribution in [0, 0.1) is 0 Å². The van der Waals surface area contributed by atoms with Crippen molar-refractivity contribution in [2.45, 2.75) is 5.75 Å². The van der Waals surface area contributed by atoms with Gasteiger partial charge in [0, 0.05) is 16.6 Å². The van der Waals surface area contributed by atoms with Crippen molar-refractivity contribution in [3.05, 3.63) is 49.0 Å². The first-order valence-electron chi connectivity index (χ1n) is 5.77. The number of thiophene rings is 1. The van der Waals surface area contributed by atoms with Gasteiger partial charge >= 0.3 is 0 Å². The second-order valence-electron chi connectivity index (χ2n) is 4.14. The van der Waals surface area contributed by atoms with Crippen LogP contribution in [0.1, 0.15) is 5.56 Å². The highest BCUT2D eigenvalue weighted by atomic mass is 79.9. The van der Waals surface area contributed by atoms with Crippen LogP contribution in [0.25, 0.3) is 0 Å². The zero-order valence-corrected chi connectivity index (χ0v) is 15.3. The predicted molar refractivity (Wildman–Crippen MR) is 93.8 cm³/mol. The first-order chi connectivity index (χ1) is 9.95. The first-order valence-corrected chi connectivity index (χ1v) is 9.69. The van der Waals surface area contributed by atoms with E-state index in [9.17, 15) is 9.00 Å². The van der Waals surface area contributed by atoms with E-state index in [1.165, 1.54) is 11.3 Å². The highest BCUT2D eigenvalue weighted by Crippen LogP contribution is 2.29. The van der Waals surface area contributed by atoms with Gasteiger partial charge in [-0.1, -0.05) is 29.3 Å². The molecule has 1 heterocycles. The van der Waals surface area contributed by atoms with Crippen LogP contribution in [-0.4, -0.2) is 15.9 Å². The molecular weight excluding hydrogens is 417 g/mol. The minimum atomic E-state index is -1.28. The number of benzene rings is 1. The van der Waals surface area contributed by atoms with Gasteiger partial charge < -0.3 is 5.32 Å². The van der Waals surface area contributed by atoms with Gasteiger partial charge in [0.1, 0.15) is 5.75 Å². The molecule has 3 nitrogen and oxygen atoms in total. The van der Waals surface area contributed by atoms with Crippen molar-refractivity contribution >= 4 is 72.9 Å². The van der Waals surface area contributed by atoms with Crippen LogP contribution in [0.5, 0.6) is 0 Å². The van der Waals surface area contributed by atoms with E-state index in [1.807, 2.05) is 11.4 Å². The van der Waals surface area contributed by atoms with Crippen LogP contribution in [0.2, 0.25) is 10.0 Å². The third-order valence-electron chi connectivity index (χ3n) is 2.47. The van der Waals surface area contributed by atoms with E-state index in [4.69, 9.17) is 23.2 Å². The molecule has 0 unspecified atom stereocenters. The Kier molecular flexibility index (Phi) is 6.25. The normalized spacial score (nSPS) is 12.1. The highest BCUT2D eigenvalue weighted by molar-refractivity contribution is 9.11. The topological polar surface area (TPSA) is 46.2 Å². The van der Waals surface area contributed by atoms with Gasteiger partial charge in [-0.25, -0.2) is 0 Å². The molecule has 8 heteroatoms. The summed E-state index contributed by atoms with van der Waals surface area (Å²) in [5, 5.41) is 5.17. The smallest absolute Gasteiger partial charge is 0.237 e. The number of carbonyl (C=O) groups excluding carboxylic acids is 1. The maximum Gasteiger partial charge on any atom is 0.237 e. The van der Waals surface area contributed by atoms with Crippen molar-refractivity contribution < 1.29 is 9.00 Å². The van der Waals surface area contributed by atoms with E-state index >= 15 is 0 Å². The standard InChI is InChI=1S/C13H10BrCl2NO2S2/c14-11-4-8(5-20-11)6-21(19)7-12(18)17-10-3-1-2-9(15)13(10)16/h1-5H,6-7H2,(H,17,18)/t21-/m0/s1. The number of amides is 1. The molecule has 1 atom stereocenters. The van der Waals surface area contributed by atoms with Gasteiger partial charge in [-0.3, -0.25) is 9.00 Å². The fraction of sp³-hybridized carbons (Fsp3) is 0.154. The molecule has 1 N–H and O–H groups in total. The highest BCUT2D eigenvalue weighted by Gasteiger charge is 2.12. The number of halogens is 3. The molecular formula is C13H10BrCl2NO2S2. The quantitative estimate of drug-likeness (QED) is 0.752. The Morgan fingerprint density at radius 3 is 2.81 bits per heavy atom. The van der Waals surface area contributed by atoms with Crippen LogP contribution < -0.4 is 5.32 Å². The van der Waals surface area contributed by atoms with Crippen molar-refractivity contribution in [3.63, 3.8) is 0 Å². The molecule has 0 aliphatic heterocycles. The number of rotatable bonds is 5. The lowest BCUT2D eigenvalue weighted by Gasteiger charge is -2.07. The number of anilines is 1. The number of hydrogen-bond acceptors (Lipinski definition) is 3. The zero-order valence-electron chi connectivity index (χ0n) is 10.6. The monoisotopic (exact) mass is 425 g/mol. The van der Waals surface area contributed by atoms with E-state index in [-0.39, 0.29) is 16.7 Å². The lowest BCUT2D eigenvalue weighted by atomic mass is 10.3. The van der Waals surface area contributed by atoms with Gasteiger partial charge in [-0.2, -0.15) is 0 Å². The Morgan fingerprint density at radius 1 is 1.38 bits per heavy atom. The van der Waals surface area contributed by atoms with Gasteiger partial charge in [0.05, 0.1) is 19.5 Å². The molecule has 0 saturated carbocycles. The summed E-state index contributed by atoms with van der Waals surface area (Å²) in [6.45, 7) is 0. The number of hydrogen-bond donors (Lipinski definition) is 1. The molecule has 0 aliphatic carbocycles. The number of carbonyl (C=O) groups is 1.